The van der Waals surface area contributed by atoms with Crippen molar-refractivity contribution >= 4 is 7.82 Å². The molecule has 0 saturated carbocycles. The molecule has 7 atom stereocenters. The van der Waals surface area contributed by atoms with E-state index in [9.17, 15) is 4.57 Å². The van der Waals surface area contributed by atoms with E-state index in [1.807, 2.05) is 97.1 Å². The van der Waals surface area contributed by atoms with E-state index < -0.39 is 43.9 Å². The SMILES string of the molecule is C[C@@]12O[C@H](COCc3ccccc3)[C@@H](OCc3ccccc3)C[C@H]1O[C@H]1C/C=C\C/C=C(/OP(=O)(Oc3ccccc3)Oc3ccccc3)O[C@@H]1C[C@H]2OCc1ccccc1. The van der Waals surface area contributed by atoms with Crippen LogP contribution in [0.1, 0.15) is 49.3 Å². The van der Waals surface area contributed by atoms with E-state index in [4.69, 9.17) is 42.0 Å². The first-order valence-electron chi connectivity index (χ1n) is 21.0. The van der Waals surface area contributed by atoms with Crippen molar-refractivity contribution in [3.05, 3.63) is 193 Å². The summed E-state index contributed by atoms with van der Waals surface area (Å²) in [7, 11) is -4.37. The number of phosphoric acid groups is 1. The van der Waals surface area contributed by atoms with Gasteiger partial charge in [0.25, 0.3) is 5.95 Å². The fourth-order valence-corrected chi connectivity index (χ4v) is 9.08. The minimum Gasteiger partial charge on any atom is -0.459 e. The third kappa shape index (κ3) is 11.6. The van der Waals surface area contributed by atoms with Gasteiger partial charge in [0.1, 0.15) is 29.3 Å². The second kappa shape index (κ2) is 20.6. The predicted octanol–water partition coefficient (Wildman–Crippen LogP) is 10.9. The van der Waals surface area contributed by atoms with Crippen LogP contribution < -0.4 is 9.05 Å². The Morgan fingerprint density at radius 1 is 0.623 bits per heavy atom. The molecule has 0 aliphatic carbocycles. The summed E-state index contributed by atoms with van der Waals surface area (Å²) < 4.78 is 73.9. The van der Waals surface area contributed by atoms with Gasteiger partial charge in [-0.25, -0.2) is 0 Å². The van der Waals surface area contributed by atoms with Crippen LogP contribution in [0.5, 0.6) is 11.5 Å². The molecular formula is C50H53O10P. The van der Waals surface area contributed by atoms with E-state index in [2.05, 4.69) is 25.1 Å². The largest absolute Gasteiger partial charge is 0.649 e. The van der Waals surface area contributed by atoms with E-state index in [1.165, 1.54) is 0 Å². The van der Waals surface area contributed by atoms with E-state index in [1.54, 1.807) is 54.6 Å². The zero-order valence-electron chi connectivity index (χ0n) is 34.3. The van der Waals surface area contributed by atoms with E-state index in [0.29, 0.717) is 63.6 Å². The molecule has 3 aliphatic heterocycles. The maximum Gasteiger partial charge on any atom is 0.649 e. The number of rotatable bonds is 16. The highest BCUT2D eigenvalue weighted by molar-refractivity contribution is 7.49. The quantitative estimate of drug-likeness (QED) is 0.0705. The number of hydrogen-bond acceptors (Lipinski definition) is 10. The summed E-state index contributed by atoms with van der Waals surface area (Å²) in [6, 6.07) is 47.8. The van der Waals surface area contributed by atoms with Crippen molar-refractivity contribution in [1.29, 1.82) is 0 Å². The summed E-state index contributed by atoms with van der Waals surface area (Å²) >= 11 is 0. The van der Waals surface area contributed by atoms with Crippen molar-refractivity contribution in [3.8, 4) is 11.5 Å². The van der Waals surface area contributed by atoms with Gasteiger partial charge in [-0.3, -0.25) is 0 Å². The summed E-state index contributed by atoms with van der Waals surface area (Å²) in [5.74, 6) is 0.626. The zero-order valence-corrected chi connectivity index (χ0v) is 35.2. The number of allylic oxidation sites excluding steroid dienone is 2. The molecule has 2 saturated heterocycles. The fraction of sp³-hybridized carbons (Fsp3) is 0.320. The van der Waals surface area contributed by atoms with Gasteiger partial charge in [0.05, 0.1) is 50.8 Å². The molecule has 5 aromatic carbocycles. The first kappa shape index (κ1) is 42.5. The third-order valence-corrected chi connectivity index (χ3v) is 12.4. The van der Waals surface area contributed by atoms with Gasteiger partial charge < -0.3 is 42.0 Å². The Labute approximate surface area is 358 Å². The average molecular weight is 845 g/mol. The highest BCUT2D eigenvalue weighted by Gasteiger charge is 2.56. The monoisotopic (exact) mass is 844 g/mol. The van der Waals surface area contributed by atoms with Gasteiger partial charge >= 0.3 is 7.82 Å². The first-order valence-corrected chi connectivity index (χ1v) is 22.4. The van der Waals surface area contributed by atoms with Crippen LogP contribution in [-0.2, 0) is 57.3 Å². The Morgan fingerprint density at radius 2 is 1.16 bits per heavy atom. The zero-order chi connectivity index (χ0) is 41.7. The molecule has 318 valence electrons. The number of para-hydroxylation sites is 2. The van der Waals surface area contributed by atoms with Crippen molar-refractivity contribution in [2.75, 3.05) is 6.61 Å². The maximum absolute atomic E-state index is 14.6. The Kier molecular flexibility index (Phi) is 14.3. The molecule has 11 heteroatoms. The Balaban J connectivity index is 1.09. The molecule has 10 nitrogen and oxygen atoms in total. The molecule has 3 aliphatic rings. The molecule has 2 fully saturated rings. The number of ether oxygens (including phenoxy) is 6. The van der Waals surface area contributed by atoms with Gasteiger partial charge in [0, 0.05) is 18.9 Å². The predicted molar refractivity (Wildman–Crippen MR) is 231 cm³/mol. The van der Waals surface area contributed by atoms with Crippen molar-refractivity contribution in [3.63, 3.8) is 0 Å². The molecule has 0 aromatic heterocycles. The molecule has 0 N–H and O–H groups in total. The van der Waals surface area contributed by atoms with Crippen LogP contribution in [0, 0.1) is 0 Å². The number of fused-ring (bicyclic) bond motifs is 2. The van der Waals surface area contributed by atoms with Gasteiger partial charge in [-0.1, -0.05) is 140 Å². The summed E-state index contributed by atoms with van der Waals surface area (Å²) in [5.41, 5.74) is 2.19. The molecule has 61 heavy (non-hydrogen) atoms. The minimum atomic E-state index is -4.37. The first-order chi connectivity index (χ1) is 29.9. The van der Waals surface area contributed by atoms with Gasteiger partial charge in [-0.15, -0.1) is 0 Å². The summed E-state index contributed by atoms with van der Waals surface area (Å²) in [6.45, 7) is 3.53. The number of hydrogen-bond donors (Lipinski definition) is 0. The molecule has 8 rings (SSSR count). The second-order valence-electron chi connectivity index (χ2n) is 15.6. The van der Waals surface area contributed by atoms with Crippen molar-refractivity contribution in [1.82, 2.24) is 0 Å². The van der Waals surface area contributed by atoms with Crippen LogP contribution in [0.15, 0.2) is 176 Å². The average Bonchev–Trinajstić information content (AvgIpc) is 3.31. The summed E-state index contributed by atoms with van der Waals surface area (Å²) in [6.07, 6.45) is 4.81. The maximum atomic E-state index is 14.6. The highest BCUT2D eigenvalue weighted by Crippen LogP contribution is 2.52. The standard InChI is InChI=1S/C50H53O10P/c1-50-47(54-36-40-24-12-4-13-25-40)33-45-43(30-18-7-19-31-49(56-45)60-61(51,58-41-26-14-5-15-27-41)59-42-28-16-6-17-29-42)55-48(50)32-44(53-35-39-22-10-3-11-23-39)46(57-50)37-52-34-38-20-8-2-9-21-38/h2-18,20-29,31,43-48H,19,30,32-37H2,1H3/b18-7-,49-31+/t43-,44-,45+,46+,47+,48+,50-/m0/s1. The smallest absolute Gasteiger partial charge is 0.459 e. The van der Waals surface area contributed by atoms with E-state index in [-0.39, 0.29) is 12.0 Å². The van der Waals surface area contributed by atoms with Crippen LogP contribution in [0.4, 0.5) is 0 Å². The van der Waals surface area contributed by atoms with Crippen molar-refractivity contribution in [2.24, 2.45) is 0 Å². The van der Waals surface area contributed by atoms with Crippen LogP contribution in [-0.4, -0.2) is 48.8 Å². The third-order valence-electron chi connectivity index (χ3n) is 11.1. The van der Waals surface area contributed by atoms with E-state index >= 15 is 0 Å². The van der Waals surface area contributed by atoms with Gasteiger partial charge in [-0.05, 0) is 60.7 Å². The molecule has 0 unspecified atom stereocenters. The molecule has 0 radical (unpaired) electrons. The lowest BCUT2D eigenvalue weighted by Crippen LogP contribution is -2.62. The lowest BCUT2D eigenvalue weighted by atomic mass is 9.82. The topological polar surface area (TPSA) is 100 Å². The molecule has 3 heterocycles. The van der Waals surface area contributed by atoms with Gasteiger partial charge in [-0.2, -0.15) is 4.57 Å². The number of benzene rings is 5. The lowest BCUT2D eigenvalue weighted by Gasteiger charge is -2.50. The van der Waals surface area contributed by atoms with Gasteiger partial charge in [0.2, 0.25) is 0 Å². The van der Waals surface area contributed by atoms with Crippen molar-refractivity contribution in [2.45, 2.75) is 94.7 Å². The second-order valence-corrected chi connectivity index (χ2v) is 17.0. The lowest BCUT2D eigenvalue weighted by molar-refractivity contribution is -0.283. The summed E-state index contributed by atoms with van der Waals surface area (Å²) in [4.78, 5) is 0. The Morgan fingerprint density at radius 3 is 1.75 bits per heavy atom. The van der Waals surface area contributed by atoms with Crippen LogP contribution in [0.3, 0.4) is 0 Å². The molecule has 0 bridgehead atoms. The fourth-order valence-electron chi connectivity index (χ4n) is 7.88. The molecular weight excluding hydrogens is 792 g/mol. The van der Waals surface area contributed by atoms with Crippen molar-refractivity contribution < 1.29 is 46.6 Å². The number of phosphoric ester groups is 1. The van der Waals surface area contributed by atoms with Crippen LogP contribution >= 0.6 is 7.82 Å². The Bertz CT molecular complexity index is 2150. The Hall–Kier alpha value is -5.19. The van der Waals surface area contributed by atoms with E-state index in [0.717, 1.165) is 16.7 Å². The summed E-state index contributed by atoms with van der Waals surface area (Å²) in [5, 5.41) is 0. The molecule has 0 amide bonds. The van der Waals surface area contributed by atoms with Crippen LogP contribution in [0.2, 0.25) is 0 Å². The normalized spacial score (nSPS) is 26.5. The minimum absolute atomic E-state index is 0.00522. The highest BCUT2D eigenvalue weighted by atomic mass is 31.2. The molecule has 0 spiro atoms. The van der Waals surface area contributed by atoms with Crippen LogP contribution in [0.25, 0.3) is 0 Å². The van der Waals surface area contributed by atoms with Gasteiger partial charge in [0.15, 0.2) is 0 Å². The molecule has 5 aromatic rings.